The van der Waals surface area contributed by atoms with Gasteiger partial charge in [0.15, 0.2) is 0 Å². The van der Waals surface area contributed by atoms with Crippen molar-refractivity contribution >= 4 is 11.5 Å². The van der Waals surface area contributed by atoms with E-state index in [4.69, 9.17) is 5.73 Å². The zero-order valence-electron chi connectivity index (χ0n) is 11.8. The van der Waals surface area contributed by atoms with Crippen molar-refractivity contribution in [2.45, 2.75) is 45.2 Å². The smallest absolute Gasteiger partial charge is 0.330 e. The second kappa shape index (κ2) is 6.13. The highest BCUT2D eigenvalue weighted by Gasteiger charge is 2.28. The van der Waals surface area contributed by atoms with Crippen molar-refractivity contribution in [2.24, 2.45) is 0 Å². The maximum Gasteiger partial charge on any atom is 0.330 e. The number of nitrogens with one attached hydrogen (secondary N) is 1. The molecular weight excluding hydrogens is 260 g/mol. The van der Waals surface area contributed by atoms with Crippen molar-refractivity contribution < 1.29 is 5.11 Å². The number of hydrogen-bond donors (Lipinski definition) is 3. The molecule has 4 N–H and O–H groups in total. The van der Waals surface area contributed by atoms with Crippen LogP contribution in [0.3, 0.4) is 0 Å². The zero-order chi connectivity index (χ0) is 14.7. The summed E-state index contributed by atoms with van der Waals surface area (Å²) >= 11 is 0. The van der Waals surface area contributed by atoms with Crippen LogP contribution in [-0.4, -0.2) is 33.9 Å². The number of H-pyrrole nitrogens is 1. The van der Waals surface area contributed by atoms with Crippen molar-refractivity contribution in [3.63, 3.8) is 0 Å². The van der Waals surface area contributed by atoms with Gasteiger partial charge in [-0.3, -0.25) is 14.3 Å². The molecule has 112 valence electrons. The number of aliphatic hydroxyl groups excluding tert-OH is 1. The van der Waals surface area contributed by atoms with Crippen molar-refractivity contribution in [2.75, 3.05) is 23.8 Å². The van der Waals surface area contributed by atoms with E-state index in [0.717, 1.165) is 25.7 Å². The van der Waals surface area contributed by atoms with Gasteiger partial charge in [0.25, 0.3) is 5.56 Å². The molecule has 1 atom stereocenters. The lowest BCUT2D eigenvalue weighted by atomic mass is 10.2. The zero-order valence-corrected chi connectivity index (χ0v) is 11.8. The van der Waals surface area contributed by atoms with E-state index in [1.165, 1.54) is 4.57 Å². The second-order valence-electron chi connectivity index (χ2n) is 5.17. The molecule has 1 aromatic heterocycles. The average Bonchev–Trinajstić information content (AvgIpc) is 2.86. The quantitative estimate of drug-likeness (QED) is 0.698. The molecule has 0 aromatic carbocycles. The summed E-state index contributed by atoms with van der Waals surface area (Å²) in [5.74, 6) is 0.201. The normalized spacial score (nSPS) is 18.7. The monoisotopic (exact) mass is 282 g/mol. The van der Waals surface area contributed by atoms with Crippen LogP contribution >= 0.6 is 0 Å². The van der Waals surface area contributed by atoms with Crippen LogP contribution in [0.1, 0.15) is 32.6 Å². The summed E-state index contributed by atoms with van der Waals surface area (Å²) in [6, 6.07) is -0.101. The fourth-order valence-electron chi connectivity index (χ4n) is 2.71. The van der Waals surface area contributed by atoms with Crippen LogP contribution < -0.4 is 21.9 Å². The minimum absolute atomic E-state index is 0.0209. The van der Waals surface area contributed by atoms with Gasteiger partial charge in [-0.15, -0.1) is 0 Å². The van der Waals surface area contributed by atoms with E-state index in [0.29, 0.717) is 18.8 Å². The molecule has 7 nitrogen and oxygen atoms in total. The second-order valence-corrected chi connectivity index (χ2v) is 5.17. The van der Waals surface area contributed by atoms with Crippen molar-refractivity contribution in [3.05, 3.63) is 20.8 Å². The lowest BCUT2D eigenvalue weighted by Gasteiger charge is -2.26. The third-order valence-corrected chi connectivity index (χ3v) is 3.82. The fraction of sp³-hybridized carbons (Fsp3) is 0.692. The SMILES string of the molecule is CCCCn1c(N)c(N2CCCC2CO)c(=O)[nH]c1=O. The van der Waals surface area contributed by atoms with E-state index in [-0.39, 0.29) is 18.5 Å². The van der Waals surface area contributed by atoms with Gasteiger partial charge < -0.3 is 15.7 Å². The predicted molar refractivity (Wildman–Crippen MR) is 78.1 cm³/mol. The van der Waals surface area contributed by atoms with Crippen LogP contribution in [0.2, 0.25) is 0 Å². The average molecular weight is 282 g/mol. The minimum atomic E-state index is -0.472. The topological polar surface area (TPSA) is 104 Å². The van der Waals surface area contributed by atoms with Gasteiger partial charge in [-0.2, -0.15) is 0 Å². The molecule has 0 bridgehead atoms. The maximum atomic E-state index is 12.1. The molecule has 0 amide bonds. The van der Waals surface area contributed by atoms with Gasteiger partial charge in [0.2, 0.25) is 0 Å². The predicted octanol–water partition coefficient (Wildman–Crippen LogP) is -0.120. The first kappa shape index (κ1) is 14.6. The van der Waals surface area contributed by atoms with Gasteiger partial charge in [0.1, 0.15) is 11.5 Å². The van der Waals surface area contributed by atoms with E-state index < -0.39 is 11.2 Å². The van der Waals surface area contributed by atoms with Gasteiger partial charge in [-0.1, -0.05) is 13.3 Å². The van der Waals surface area contributed by atoms with Gasteiger partial charge >= 0.3 is 5.69 Å². The molecule has 1 aliphatic heterocycles. The van der Waals surface area contributed by atoms with E-state index in [1.807, 2.05) is 11.8 Å². The number of unbranched alkanes of at least 4 members (excludes halogenated alkanes) is 1. The molecule has 1 fully saturated rings. The highest BCUT2D eigenvalue weighted by molar-refractivity contribution is 5.63. The number of anilines is 2. The summed E-state index contributed by atoms with van der Waals surface area (Å²) in [7, 11) is 0. The Hall–Kier alpha value is -1.76. The number of rotatable bonds is 5. The summed E-state index contributed by atoms with van der Waals surface area (Å²) in [6.07, 6.45) is 3.48. The largest absolute Gasteiger partial charge is 0.394 e. The molecule has 1 saturated heterocycles. The molecule has 0 saturated carbocycles. The molecule has 2 heterocycles. The summed E-state index contributed by atoms with van der Waals surface area (Å²) in [4.78, 5) is 28.1. The van der Waals surface area contributed by atoms with Crippen LogP contribution in [0.4, 0.5) is 11.5 Å². The third kappa shape index (κ3) is 2.58. The van der Waals surface area contributed by atoms with Gasteiger partial charge in [-0.25, -0.2) is 4.79 Å². The first-order valence-electron chi connectivity index (χ1n) is 7.10. The molecule has 2 rings (SSSR count). The van der Waals surface area contributed by atoms with E-state index in [1.54, 1.807) is 0 Å². The summed E-state index contributed by atoms with van der Waals surface area (Å²) in [5.41, 5.74) is 5.42. The molecule has 0 spiro atoms. The van der Waals surface area contributed by atoms with Crippen LogP contribution in [0.15, 0.2) is 9.59 Å². The summed E-state index contributed by atoms with van der Waals surface area (Å²) in [5, 5.41) is 9.38. The van der Waals surface area contributed by atoms with Crippen LogP contribution in [-0.2, 0) is 6.54 Å². The maximum absolute atomic E-state index is 12.1. The molecule has 0 aliphatic carbocycles. The number of hydrogen-bond acceptors (Lipinski definition) is 5. The Bertz CT molecular complexity index is 578. The van der Waals surface area contributed by atoms with Crippen LogP contribution in [0.5, 0.6) is 0 Å². The van der Waals surface area contributed by atoms with Crippen molar-refractivity contribution in [3.8, 4) is 0 Å². The molecule has 7 heteroatoms. The minimum Gasteiger partial charge on any atom is -0.394 e. The van der Waals surface area contributed by atoms with E-state index in [2.05, 4.69) is 4.98 Å². The Labute approximate surface area is 117 Å². The lowest BCUT2D eigenvalue weighted by Crippen LogP contribution is -2.41. The van der Waals surface area contributed by atoms with Crippen LogP contribution in [0, 0.1) is 0 Å². The Kier molecular flexibility index (Phi) is 4.49. The summed E-state index contributed by atoms with van der Waals surface area (Å²) < 4.78 is 1.41. The lowest BCUT2D eigenvalue weighted by molar-refractivity contribution is 0.266. The standard InChI is InChI=1S/C13H22N4O3/c1-2-3-6-17-11(14)10(12(19)15-13(17)20)16-7-4-5-9(16)8-18/h9,18H,2-8,14H2,1H3,(H,15,19,20). The fourth-order valence-corrected chi connectivity index (χ4v) is 2.71. The van der Waals surface area contributed by atoms with Gasteiger partial charge in [0, 0.05) is 13.1 Å². The number of aromatic nitrogens is 2. The number of aromatic amines is 1. The first-order chi connectivity index (χ1) is 9.60. The Morgan fingerprint density at radius 1 is 1.45 bits per heavy atom. The molecular formula is C13H22N4O3. The van der Waals surface area contributed by atoms with Crippen molar-refractivity contribution in [1.29, 1.82) is 0 Å². The Balaban J connectivity index is 2.47. The highest BCUT2D eigenvalue weighted by atomic mass is 16.3. The Morgan fingerprint density at radius 3 is 2.85 bits per heavy atom. The van der Waals surface area contributed by atoms with Crippen LogP contribution in [0.25, 0.3) is 0 Å². The molecule has 20 heavy (non-hydrogen) atoms. The number of aliphatic hydroxyl groups is 1. The number of nitrogens with two attached hydrogens (primary N) is 1. The first-order valence-corrected chi connectivity index (χ1v) is 7.10. The number of nitrogen functional groups attached to an aromatic ring is 1. The molecule has 0 radical (unpaired) electrons. The molecule has 1 aromatic rings. The van der Waals surface area contributed by atoms with Gasteiger partial charge in [-0.05, 0) is 19.3 Å². The highest BCUT2D eigenvalue weighted by Crippen LogP contribution is 2.26. The van der Waals surface area contributed by atoms with Gasteiger partial charge in [0.05, 0.1) is 12.6 Å². The third-order valence-electron chi connectivity index (χ3n) is 3.82. The summed E-state index contributed by atoms with van der Waals surface area (Å²) in [6.45, 7) is 3.16. The Morgan fingerprint density at radius 2 is 2.20 bits per heavy atom. The van der Waals surface area contributed by atoms with Crippen molar-refractivity contribution in [1.82, 2.24) is 9.55 Å². The van der Waals surface area contributed by atoms with E-state index >= 15 is 0 Å². The number of nitrogens with zero attached hydrogens (tertiary/aromatic N) is 2. The molecule has 1 aliphatic rings. The van der Waals surface area contributed by atoms with E-state index in [9.17, 15) is 14.7 Å². The molecule has 1 unspecified atom stereocenters.